The SMILES string of the molecule is COC(=O)CCCCCCCCO[C@@H]1OC(CO)[C@H](OC2OC(CO)[C@@H](O)C(O[C@]3(C(=O)O)CC(O)[C@@H](NC(C)=O)C(C(O)C(O)CO)O3)C2O)C(O[C@@H]2OC(C)[C@H](O)C(O)C2O)C1NC(=O)c1cc(=O)[nH]c(=O)[nH]1. The number of rotatable bonds is 25. The molecule has 0 bridgehead atoms. The summed E-state index contributed by atoms with van der Waals surface area (Å²) in [6, 6.07) is -2.69. The van der Waals surface area contributed by atoms with Crippen molar-refractivity contribution >= 4 is 23.8 Å². The van der Waals surface area contributed by atoms with Gasteiger partial charge in [0.05, 0.1) is 45.2 Å². The average molecular weight is 1090 g/mol. The van der Waals surface area contributed by atoms with Crippen LogP contribution in [0.2, 0.25) is 0 Å². The van der Waals surface area contributed by atoms with Crippen molar-refractivity contribution in [3.8, 4) is 0 Å². The molecule has 1 aromatic rings. The van der Waals surface area contributed by atoms with Crippen LogP contribution in [-0.2, 0) is 57.0 Å². The highest BCUT2D eigenvalue weighted by Crippen LogP contribution is 2.39. The van der Waals surface area contributed by atoms with Crippen LogP contribution < -0.4 is 21.9 Å². The molecule has 0 aromatic carbocycles. The maximum Gasteiger partial charge on any atom is 0.364 e. The van der Waals surface area contributed by atoms with E-state index in [-0.39, 0.29) is 19.0 Å². The smallest absolute Gasteiger partial charge is 0.364 e. The number of carboxylic acid groups (broad SMARTS) is 1. The topological polar surface area (TPSA) is 484 Å². The highest BCUT2D eigenvalue weighted by atomic mass is 16.8. The molecule has 2 amide bonds. The van der Waals surface area contributed by atoms with Crippen LogP contribution >= 0.6 is 0 Å². The van der Waals surface area contributed by atoms with Crippen molar-refractivity contribution in [2.45, 2.75) is 194 Å². The van der Waals surface area contributed by atoms with Crippen molar-refractivity contribution in [2.75, 3.05) is 33.5 Å². The zero-order valence-corrected chi connectivity index (χ0v) is 41.1. The Bertz CT molecular complexity index is 2110. The first-order valence-corrected chi connectivity index (χ1v) is 24.2. The number of hydrogen-bond donors (Lipinski definition) is 16. The summed E-state index contributed by atoms with van der Waals surface area (Å²) >= 11 is 0. The van der Waals surface area contributed by atoms with Crippen LogP contribution in [0.3, 0.4) is 0 Å². The second-order valence-electron chi connectivity index (χ2n) is 18.6. The number of nitrogens with one attached hydrogen (secondary N) is 4. The Hall–Kier alpha value is -4.20. The summed E-state index contributed by atoms with van der Waals surface area (Å²) in [4.78, 5) is 79.3. The van der Waals surface area contributed by atoms with Gasteiger partial charge in [-0.05, 0) is 19.8 Å². The highest BCUT2D eigenvalue weighted by Gasteiger charge is 2.61. The fourth-order valence-corrected chi connectivity index (χ4v) is 9.08. The Morgan fingerprint density at radius 2 is 1.39 bits per heavy atom. The number of H-pyrrole nitrogens is 2. The molecule has 1 aromatic heterocycles. The number of carboxylic acids is 1. The summed E-state index contributed by atoms with van der Waals surface area (Å²) < 4.78 is 52.4. The fraction of sp³-hybridized carbons (Fsp3) is 0.818. The van der Waals surface area contributed by atoms with Gasteiger partial charge < -0.3 is 120 Å². The van der Waals surface area contributed by atoms with Crippen molar-refractivity contribution in [2.24, 2.45) is 0 Å². The van der Waals surface area contributed by atoms with Gasteiger partial charge in [0.25, 0.3) is 17.3 Å². The lowest BCUT2D eigenvalue weighted by atomic mass is 9.88. The molecule has 21 atom stereocenters. The number of aromatic amines is 2. The Morgan fingerprint density at radius 1 is 0.760 bits per heavy atom. The van der Waals surface area contributed by atoms with Crippen LogP contribution in [0.4, 0.5) is 0 Å². The van der Waals surface area contributed by atoms with E-state index in [4.69, 9.17) is 37.9 Å². The summed E-state index contributed by atoms with van der Waals surface area (Å²) in [5.41, 5.74) is -2.72. The van der Waals surface area contributed by atoms with Crippen LogP contribution in [0.25, 0.3) is 0 Å². The maximum absolute atomic E-state index is 14.0. The van der Waals surface area contributed by atoms with Crippen LogP contribution in [0.1, 0.15) is 75.7 Å². The molecular formula is C44H70N4O27. The summed E-state index contributed by atoms with van der Waals surface area (Å²) in [6.07, 6.45) is -32.6. The van der Waals surface area contributed by atoms with Crippen molar-refractivity contribution in [1.29, 1.82) is 0 Å². The zero-order chi connectivity index (χ0) is 55.5. The van der Waals surface area contributed by atoms with Crippen molar-refractivity contribution in [3.63, 3.8) is 0 Å². The monoisotopic (exact) mass is 1090 g/mol. The van der Waals surface area contributed by atoms with Gasteiger partial charge in [0.2, 0.25) is 5.91 Å². The van der Waals surface area contributed by atoms with E-state index in [0.29, 0.717) is 25.7 Å². The average Bonchev–Trinajstić information content (AvgIpc) is 3.37. The normalized spacial score (nSPS) is 37.0. The van der Waals surface area contributed by atoms with Gasteiger partial charge in [-0.15, -0.1) is 0 Å². The van der Waals surface area contributed by atoms with Gasteiger partial charge in [-0.2, -0.15) is 0 Å². The van der Waals surface area contributed by atoms with E-state index in [2.05, 4.69) is 20.4 Å². The first-order chi connectivity index (χ1) is 35.5. The molecule has 14 unspecified atom stereocenters. The molecule has 75 heavy (non-hydrogen) atoms. The predicted octanol–water partition coefficient (Wildman–Crippen LogP) is -7.63. The lowest BCUT2D eigenvalue weighted by Crippen LogP contribution is -2.71. The molecule has 0 radical (unpaired) electrons. The zero-order valence-electron chi connectivity index (χ0n) is 41.1. The largest absolute Gasteiger partial charge is 0.477 e. The van der Waals surface area contributed by atoms with Gasteiger partial charge in [0.1, 0.15) is 91.1 Å². The number of amides is 2. The molecule has 4 fully saturated rings. The van der Waals surface area contributed by atoms with E-state index in [1.807, 2.05) is 4.98 Å². The lowest BCUT2D eigenvalue weighted by molar-refractivity contribution is -0.391. The van der Waals surface area contributed by atoms with Crippen LogP contribution in [-0.4, -0.2) is 257 Å². The molecule has 16 N–H and O–H groups in total. The van der Waals surface area contributed by atoms with E-state index < -0.39 is 189 Å². The Morgan fingerprint density at radius 3 is 2.00 bits per heavy atom. The van der Waals surface area contributed by atoms with Crippen molar-refractivity contribution < 1.29 is 123 Å². The Labute approximate surface area is 426 Å². The van der Waals surface area contributed by atoms with Crippen LogP contribution in [0.15, 0.2) is 15.7 Å². The van der Waals surface area contributed by atoms with Gasteiger partial charge in [-0.1, -0.05) is 25.7 Å². The predicted molar refractivity (Wildman–Crippen MR) is 242 cm³/mol. The highest BCUT2D eigenvalue weighted by molar-refractivity contribution is 5.92. The fourth-order valence-electron chi connectivity index (χ4n) is 9.08. The van der Waals surface area contributed by atoms with E-state index >= 15 is 0 Å². The third-order valence-electron chi connectivity index (χ3n) is 13.1. The molecular weight excluding hydrogens is 1020 g/mol. The number of aliphatic hydroxyl groups excluding tert-OH is 11. The van der Waals surface area contributed by atoms with Gasteiger partial charge in [-0.25, -0.2) is 9.59 Å². The van der Waals surface area contributed by atoms with E-state index in [1.54, 1.807) is 0 Å². The number of ether oxygens (including phenoxy) is 9. The number of aliphatic carboxylic acids is 1. The number of hydrogen-bond acceptors (Lipinski definition) is 26. The second kappa shape index (κ2) is 27.9. The molecule has 0 saturated carbocycles. The second-order valence-corrected chi connectivity index (χ2v) is 18.6. The number of esters is 1. The summed E-state index contributed by atoms with van der Waals surface area (Å²) in [6.45, 7) is -1.06. The summed E-state index contributed by atoms with van der Waals surface area (Å²) in [5.74, 6) is -7.60. The summed E-state index contributed by atoms with van der Waals surface area (Å²) in [5, 5.41) is 135. The number of methoxy groups -OCH3 is 1. The van der Waals surface area contributed by atoms with Crippen molar-refractivity contribution in [3.05, 3.63) is 32.6 Å². The summed E-state index contributed by atoms with van der Waals surface area (Å²) in [7, 11) is 1.29. The standard InChI is InChI=1S/C44H70N4O27/c1-17-28(57)31(60)32(61)40(69-17)73-36-27(48-38(63)19-12-24(55)47-43(66)46-19)39(68-11-9-7-5-4-6-8-10-25(56)67-3)71-23(16-51)34(36)72-41-33(62)37(30(59)22(15-50)70-41)75-44(42(64)65)13-20(53)26(45-18(2)52)35(74-44)29(58)21(54)14-49/h12,17,20-23,26-37,39-41,49-51,53-54,57-62H,4-11,13-16H2,1-3H3,(H,45,52)(H,48,63)(H,64,65)(H2,46,47,55,66)/t17?,20?,21?,22?,23?,26-,27?,28+,29?,30-,31?,32?,33?,34+,35?,36?,37?,39-,40+,41?,44+/m1/s1. The van der Waals surface area contributed by atoms with E-state index in [1.165, 1.54) is 14.0 Å². The van der Waals surface area contributed by atoms with E-state index in [9.17, 15) is 90.0 Å². The Kier molecular flexibility index (Phi) is 22.9. The third-order valence-corrected chi connectivity index (χ3v) is 13.1. The third kappa shape index (κ3) is 15.3. The van der Waals surface area contributed by atoms with Gasteiger partial charge in [-0.3, -0.25) is 24.2 Å². The molecule has 31 nitrogen and oxygen atoms in total. The molecule has 4 aliphatic rings. The lowest BCUT2D eigenvalue weighted by Gasteiger charge is -2.51. The quantitative estimate of drug-likeness (QED) is 0.0319. The molecule has 0 spiro atoms. The first kappa shape index (κ1) is 61.7. The number of unbranched alkanes of at least 4 members (excludes halogenated alkanes) is 5. The number of carbonyl (C=O) groups excluding carboxylic acids is 3. The van der Waals surface area contributed by atoms with Crippen molar-refractivity contribution in [1.82, 2.24) is 20.6 Å². The van der Waals surface area contributed by atoms with Gasteiger partial charge in [0.15, 0.2) is 18.9 Å². The molecule has 428 valence electrons. The molecule has 4 aliphatic heterocycles. The minimum atomic E-state index is -3.20. The molecule has 4 saturated heterocycles. The number of aliphatic hydroxyl groups is 11. The minimum Gasteiger partial charge on any atom is -0.477 e. The van der Waals surface area contributed by atoms with Crippen LogP contribution in [0, 0.1) is 0 Å². The van der Waals surface area contributed by atoms with Gasteiger partial charge >= 0.3 is 17.6 Å². The molecule has 31 heteroatoms. The number of aromatic nitrogens is 2. The molecule has 5 rings (SSSR count). The van der Waals surface area contributed by atoms with E-state index in [0.717, 1.165) is 25.8 Å². The Balaban J connectivity index is 1.52. The number of carbonyl (C=O) groups is 4. The molecule has 5 heterocycles. The van der Waals surface area contributed by atoms with Gasteiger partial charge in [0, 0.05) is 32.4 Å². The van der Waals surface area contributed by atoms with Crippen LogP contribution in [0.5, 0.6) is 0 Å². The first-order valence-electron chi connectivity index (χ1n) is 24.2. The minimum absolute atomic E-state index is 0.105. The maximum atomic E-state index is 14.0. The molecule has 0 aliphatic carbocycles.